The lowest BCUT2D eigenvalue weighted by atomic mass is 10.2. The second-order valence-electron chi connectivity index (χ2n) is 6.59. The number of hydrogen-bond donors (Lipinski definition) is 1. The second kappa shape index (κ2) is 8.56. The van der Waals surface area contributed by atoms with Gasteiger partial charge >= 0.3 is 0 Å². The normalized spacial score (nSPS) is 10.7. The van der Waals surface area contributed by atoms with Gasteiger partial charge in [0.25, 0.3) is 5.91 Å². The van der Waals surface area contributed by atoms with E-state index < -0.39 is 5.91 Å². The van der Waals surface area contributed by atoms with E-state index >= 15 is 0 Å². The SMILES string of the molecule is Cc1ccccc1OCn1ccc(C(=O)Nc2ncn(Cc3ccccc3F)n2)n1. The van der Waals surface area contributed by atoms with E-state index in [1.807, 2.05) is 31.2 Å². The molecule has 1 N–H and O–H groups in total. The van der Waals surface area contributed by atoms with Crippen LogP contribution in [0.5, 0.6) is 5.75 Å². The number of aromatic nitrogens is 5. The maximum atomic E-state index is 13.8. The Morgan fingerprint density at radius 2 is 1.87 bits per heavy atom. The summed E-state index contributed by atoms with van der Waals surface area (Å²) in [4.78, 5) is 16.4. The quantitative estimate of drug-likeness (QED) is 0.509. The number of nitrogens with one attached hydrogen (secondary N) is 1. The highest BCUT2D eigenvalue weighted by Crippen LogP contribution is 2.16. The lowest BCUT2D eigenvalue weighted by molar-refractivity contribution is 0.101. The van der Waals surface area contributed by atoms with Crippen LogP contribution in [0.1, 0.15) is 21.6 Å². The van der Waals surface area contributed by atoms with Crippen molar-refractivity contribution in [2.45, 2.75) is 20.2 Å². The Balaban J connectivity index is 1.35. The van der Waals surface area contributed by atoms with E-state index in [0.717, 1.165) is 11.3 Å². The van der Waals surface area contributed by atoms with E-state index in [1.54, 1.807) is 30.5 Å². The fraction of sp³-hybridized carbons (Fsp3) is 0.143. The molecule has 0 fully saturated rings. The van der Waals surface area contributed by atoms with Gasteiger partial charge < -0.3 is 4.74 Å². The predicted molar refractivity (Wildman–Crippen MR) is 108 cm³/mol. The van der Waals surface area contributed by atoms with Gasteiger partial charge in [-0.25, -0.2) is 18.7 Å². The first kappa shape index (κ1) is 19.3. The van der Waals surface area contributed by atoms with Crippen molar-refractivity contribution < 1.29 is 13.9 Å². The van der Waals surface area contributed by atoms with Gasteiger partial charge in [-0.1, -0.05) is 36.4 Å². The molecule has 2 aromatic heterocycles. The molecular weight excluding hydrogens is 387 g/mol. The molecule has 0 saturated heterocycles. The van der Waals surface area contributed by atoms with Crippen molar-refractivity contribution >= 4 is 11.9 Å². The van der Waals surface area contributed by atoms with Gasteiger partial charge in [0.15, 0.2) is 12.4 Å². The van der Waals surface area contributed by atoms with E-state index in [9.17, 15) is 9.18 Å². The molecule has 9 heteroatoms. The standard InChI is InChI=1S/C21H19FN6O2/c1-15-6-2-5-9-19(15)30-14-27-11-10-18(25-27)20(29)24-21-23-13-28(26-21)12-16-7-3-4-8-17(16)22/h2-11,13H,12,14H2,1H3,(H,24,26,29). The topological polar surface area (TPSA) is 86.9 Å². The van der Waals surface area contributed by atoms with Crippen LogP contribution in [0.3, 0.4) is 0 Å². The second-order valence-corrected chi connectivity index (χ2v) is 6.59. The smallest absolute Gasteiger partial charge is 0.278 e. The summed E-state index contributed by atoms with van der Waals surface area (Å²) in [5.41, 5.74) is 1.70. The first-order chi connectivity index (χ1) is 14.6. The Labute approximate surface area is 171 Å². The van der Waals surface area contributed by atoms with Crippen LogP contribution in [0, 0.1) is 12.7 Å². The van der Waals surface area contributed by atoms with Crippen molar-refractivity contribution in [3.8, 4) is 5.75 Å². The zero-order chi connectivity index (χ0) is 20.9. The molecule has 0 aliphatic heterocycles. The molecule has 4 aromatic rings. The van der Waals surface area contributed by atoms with Crippen LogP contribution in [0.15, 0.2) is 67.1 Å². The first-order valence-corrected chi connectivity index (χ1v) is 9.24. The van der Waals surface area contributed by atoms with Crippen LogP contribution < -0.4 is 10.1 Å². The van der Waals surface area contributed by atoms with E-state index in [1.165, 1.54) is 21.8 Å². The van der Waals surface area contributed by atoms with Crippen molar-refractivity contribution in [2.24, 2.45) is 0 Å². The summed E-state index contributed by atoms with van der Waals surface area (Å²) in [5.74, 6) is 0.0935. The molecule has 0 unspecified atom stereocenters. The van der Waals surface area contributed by atoms with Gasteiger partial charge in [-0.05, 0) is 30.7 Å². The average Bonchev–Trinajstić information content (AvgIpc) is 3.39. The number of hydrogen-bond acceptors (Lipinski definition) is 5. The Bertz CT molecular complexity index is 1170. The number of carbonyl (C=O) groups is 1. The van der Waals surface area contributed by atoms with Crippen molar-refractivity contribution in [3.05, 3.63) is 89.8 Å². The molecule has 0 aliphatic carbocycles. The number of rotatable bonds is 7. The zero-order valence-electron chi connectivity index (χ0n) is 16.2. The van der Waals surface area contributed by atoms with Crippen LogP contribution in [0.2, 0.25) is 0 Å². The van der Waals surface area contributed by atoms with Crippen LogP contribution in [-0.2, 0) is 13.3 Å². The molecule has 0 saturated carbocycles. The Morgan fingerprint density at radius 3 is 2.70 bits per heavy atom. The summed E-state index contributed by atoms with van der Waals surface area (Å²) >= 11 is 0. The van der Waals surface area contributed by atoms with Crippen LogP contribution in [-0.4, -0.2) is 30.5 Å². The molecule has 152 valence electrons. The third-order valence-electron chi connectivity index (χ3n) is 4.37. The molecule has 2 heterocycles. The number of amides is 1. The third-order valence-corrected chi connectivity index (χ3v) is 4.37. The summed E-state index contributed by atoms with van der Waals surface area (Å²) in [7, 11) is 0. The Kier molecular flexibility index (Phi) is 5.51. The molecule has 2 aromatic carbocycles. The highest BCUT2D eigenvalue weighted by Gasteiger charge is 2.13. The van der Waals surface area contributed by atoms with Crippen molar-refractivity contribution in [1.82, 2.24) is 24.5 Å². The Hall–Kier alpha value is -4.01. The zero-order valence-corrected chi connectivity index (χ0v) is 16.2. The highest BCUT2D eigenvalue weighted by molar-refractivity contribution is 6.01. The largest absolute Gasteiger partial charge is 0.471 e. The maximum absolute atomic E-state index is 13.8. The minimum atomic E-state index is -0.451. The number of ether oxygens (including phenoxy) is 1. The number of anilines is 1. The molecule has 4 rings (SSSR count). The van der Waals surface area contributed by atoms with Gasteiger partial charge in [0.2, 0.25) is 5.95 Å². The van der Waals surface area contributed by atoms with Gasteiger partial charge in [-0.15, -0.1) is 5.10 Å². The highest BCUT2D eigenvalue weighted by atomic mass is 19.1. The molecule has 0 atom stereocenters. The summed E-state index contributed by atoms with van der Waals surface area (Å²) in [5, 5.41) is 10.9. The van der Waals surface area contributed by atoms with Crippen LogP contribution in [0.25, 0.3) is 0 Å². The molecule has 0 spiro atoms. The lowest BCUT2D eigenvalue weighted by Crippen LogP contribution is -2.15. The van der Waals surface area contributed by atoms with Gasteiger partial charge in [-0.3, -0.25) is 10.1 Å². The number of para-hydroxylation sites is 1. The molecule has 1 amide bonds. The fourth-order valence-corrected chi connectivity index (χ4v) is 2.80. The average molecular weight is 406 g/mol. The monoisotopic (exact) mass is 406 g/mol. The number of halogens is 1. The molecule has 0 radical (unpaired) electrons. The van der Waals surface area contributed by atoms with E-state index in [-0.39, 0.29) is 30.7 Å². The fourth-order valence-electron chi connectivity index (χ4n) is 2.80. The van der Waals surface area contributed by atoms with Gasteiger partial charge in [0.1, 0.15) is 17.9 Å². The minimum absolute atomic E-state index is 0.113. The molecule has 0 bridgehead atoms. The number of benzene rings is 2. The predicted octanol–water partition coefficient (Wildman–Crippen LogP) is 3.26. The van der Waals surface area contributed by atoms with Crippen molar-refractivity contribution in [1.29, 1.82) is 0 Å². The number of carbonyl (C=O) groups excluding carboxylic acids is 1. The third kappa shape index (κ3) is 4.52. The molecule has 30 heavy (non-hydrogen) atoms. The minimum Gasteiger partial charge on any atom is -0.471 e. The van der Waals surface area contributed by atoms with E-state index in [2.05, 4.69) is 20.5 Å². The van der Waals surface area contributed by atoms with Crippen LogP contribution in [0.4, 0.5) is 10.3 Å². The van der Waals surface area contributed by atoms with Crippen LogP contribution >= 0.6 is 0 Å². The molecular formula is C21H19FN6O2. The summed E-state index contributed by atoms with van der Waals surface area (Å²) in [6, 6.07) is 15.6. The summed E-state index contributed by atoms with van der Waals surface area (Å²) in [6.45, 7) is 2.34. The van der Waals surface area contributed by atoms with Gasteiger partial charge in [-0.2, -0.15) is 5.10 Å². The Morgan fingerprint density at radius 1 is 1.07 bits per heavy atom. The van der Waals surface area contributed by atoms with Crippen molar-refractivity contribution in [2.75, 3.05) is 5.32 Å². The molecule has 8 nitrogen and oxygen atoms in total. The molecule has 0 aliphatic rings. The van der Waals surface area contributed by atoms with E-state index in [4.69, 9.17) is 4.74 Å². The maximum Gasteiger partial charge on any atom is 0.278 e. The number of nitrogens with zero attached hydrogens (tertiary/aromatic N) is 5. The van der Waals surface area contributed by atoms with E-state index in [0.29, 0.717) is 5.56 Å². The number of aryl methyl sites for hydroxylation is 1. The summed E-state index contributed by atoms with van der Waals surface area (Å²) in [6.07, 6.45) is 3.08. The van der Waals surface area contributed by atoms with Gasteiger partial charge in [0, 0.05) is 11.8 Å². The first-order valence-electron chi connectivity index (χ1n) is 9.24. The van der Waals surface area contributed by atoms with Gasteiger partial charge in [0.05, 0.1) is 6.54 Å². The lowest BCUT2D eigenvalue weighted by Gasteiger charge is -2.08. The van der Waals surface area contributed by atoms with Crippen molar-refractivity contribution in [3.63, 3.8) is 0 Å². The summed E-state index contributed by atoms with van der Waals surface area (Å²) < 4.78 is 22.4.